The number of pyridine rings is 1. The van der Waals surface area contributed by atoms with Crippen LogP contribution in [-0.4, -0.2) is 18.5 Å². The number of aliphatic hydroxyl groups is 1. The third-order valence-corrected chi connectivity index (χ3v) is 4.16. The van der Waals surface area contributed by atoms with E-state index in [9.17, 15) is 17.2 Å². The maximum Gasteiger partial charge on any atom is 0.266 e. The molecule has 0 bridgehead atoms. The summed E-state index contributed by atoms with van der Waals surface area (Å²) in [5, 5.41) is 8.94. The van der Waals surface area contributed by atoms with Crippen LogP contribution in [0.5, 0.6) is 0 Å². The van der Waals surface area contributed by atoms with Crippen LogP contribution in [0.25, 0.3) is 0 Å². The molecular weight excluding hydrogens is 326 g/mol. The standard InChI is InChI=1S/C12H9ClF2N2O3S/c13-8-2-1-3-16-12(8)17-21(19,20)10-5-7(6-18)4-9(14)11(10)15/h1-5,18H,6H2,(H,16,17). The Morgan fingerprint density at radius 3 is 2.67 bits per heavy atom. The number of hydrogen-bond acceptors (Lipinski definition) is 4. The molecule has 5 nitrogen and oxygen atoms in total. The molecule has 1 aromatic carbocycles. The number of sulfonamides is 1. The Balaban J connectivity index is 2.50. The number of rotatable bonds is 4. The number of aromatic nitrogens is 1. The zero-order chi connectivity index (χ0) is 15.6. The minimum absolute atomic E-state index is 0.000248. The maximum absolute atomic E-state index is 13.7. The Bertz CT molecular complexity index is 784. The number of halogens is 3. The molecule has 0 radical (unpaired) electrons. The molecule has 0 aliphatic rings. The van der Waals surface area contributed by atoms with Crippen LogP contribution in [0.1, 0.15) is 5.56 Å². The number of anilines is 1. The molecule has 0 aliphatic carbocycles. The van der Waals surface area contributed by atoms with Gasteiger partial charge in [-0.05, 0) is 29.8 Å². The van der Waals surface area contributed by atoms with Crippen molar-refractivity contribution in [2.24, 2.45) is 0 Å². The highest BCUT2D eigenvalue weighted by atomic mass is 35.5. The van der Waals surface area contributed by atoms with E-state index in [0.29, 0.717) is 6.07 Å². The molecule has 0 aliphatic heterocycles. The summed E-state index contributed by atoms with van der Waals surface area (Å²) < 4.78 is 53.2. The Hall–Kier alpha value is -1.77. The fraction of sp³-hybridized carbons (Fsp3) is 0.0833. The molecule has 21 heavy (non-hydrogen) atoms. The molecule has 0 saturated carbocycles. The SMILES string of the molecule is O=S(=O)(Nc1ncccc1Cl)c1cc(CO)cc(F)c1F. The molecule has 2 rings (SSSR count). The van der Waals surface area contributed by atoms with Gasteiger partial charge in [-0.3, -0.25) is 4.72 Å². The first-order chi connectivity index (χ1) is 9.85. The second-order valence-electron chi connectivity index (χ2n) is 3.99. The van der Waals surface area contributed by atoms with Crippen LogP contribution in [-0.2, 0) is 16.6 Å². The van der Waals surface area contributed by atoms with Crippen molar-refractivity contribution >= 4 is 27.4 Å². The summed E-state index contributed by atoms with van der Waals surface area (Å²) in [4.78, 5) is 2.76. The largest absolute Gasteiger partial charge is 0.392 e. The average molecular weight is 335 g/mol. The quantitative estimate of drug-likeness (QED) is 0.899. The average Bonchev–Trinajstić information content (AvgIpc) is 2.43. The molecule has 0 spiro atoms. The van der Waals surface area contributed by atoms with Crippen LogP contribution in [0, 0.1) is 11.6 Å². The lowest BCUT2D eigenvalue weighted by atomic mass is 10.2. The third-order valence-electron chi connectivity index (χ3n) is 2.52. The van der Waals surface area contributed by atoms with Gasteiger partial charge in [0.2, 0.25) is 0 Å². The highest BCUT2D eigenvalue weighted by Crippen LogP contribution is 2.25. The maximum atomic E-state index is 13.7. The monoisotopic (exact) mass is 334 g/mol. The van der Waals surface area contributed by atoms with Crippen molar-refractivity contribution in [3.05, 3.63) is 52.7 Å². The molecule has 2 N–H and O–H groups in total. The van der Waals surface area contributed by atoms with Gasteiger partial charge in [0, 0.05) is 6.20 Å². The zero-order valence-corrected chi connectivity index (χ0v) is 11.9. The lowest BCUT2D eigenvalue weighted by Gasteiger charge is -2.10. The molecule has 0 fully saturated rings. The summed E-state index contributed by atoms with van der Waals surface area (Å²) in [6.45, 7) is -0.635. The predicted octanol–water partition coefficient (Wildman–Crippen LogP) is 2.31. The minimum Gasteiger partial charge on any atom is -0.392 e. The van der Waals surface area contributed by atoms with Crippen LogP contribution < -0.4 is 4.72 Å². The fourth-order valence-electron chi connectivity index (χ4n) is 1.55. The van der Waals surface area contributed by atoms with Gasteiger partial charge in [0.05, 0.1) is 11.6 Å². The van der Waals surface area contributed by atoms with Crippen molar-refractivity contribution in [2.45, 2.75) is 11.5 Å². The van der Waals surface area contributed by atoms with Crippen LogP contribution in [0.4, 0.5) is 14.6 Å². The second kappa shape index (κ2) is 5.92. The molecular formula is C12H9ClF2N2O3S. The molecule has 9 heteroatoms. The van der Waals surface area contributed by atoms with Gasteiger partial charge >= 0.3 is 0 Å². The van der Waals surface area contributed by atoms with E-state index in [1.165, 1.54) is 18.3 Å². The van der Waals surface area contributed by atoms with Crippen molar-refractivity contribution < 1.29 is 22.3 Å². The molecule has 2 aromatic rings. The molecule has 0 saturated heterocycles. The first-order valence-electron chi connectivity index (χ1n) is 5.57. The summed E-state index contributed by atoms with van der Waals surface area (Å²) in [6, 6.07) is 4.40. The summed E-state index contributed by atoms with van der Waals surface area (Å²) in [6.07, 6.45) is 1.28. The molecule has 0 unspecified atom stereocenters. The van der Waals surface area contributed by atoms with E-state index < -0.39 is 33.2 Å². The third kappa shape index (κ3) is 3.29. The highest BCUT2D eigenvalue weighted by molar-refractivity contribution is 7.92. The van der Waals surface area contributed by atoms with E-state index in [4.69, 9.17) is 16.7 Å². The summed E-state index contributed by atoms with van der Waals surface area (Å²) in [7, 11) is -4.44. The number of aliphatic hydroxyl groups excluding tert-OH is 1. The van der Waals surface area contributed by atoms with Crippen molar-refractivity contribution in [1.82, 2.24) is 4.98 Å². The lowest BCUT2D eigenvalue weighted by Crippen LogP contribution is -2.17. The lowest BCUT2D eigenvalue weighted by molar-refractivity contribution is 0.280. The van der Waals surface area contributed by atoms with E-state index >= 15 is 0 Å². The summed E-state index contributed by atoms with van der Waals surface area (Å²) in [5.74, 6) is -3.14. The van der Waals surface area contributed by atoms with Crippen molar-refractivity contribution in [1.29, 1.82) is 0 Å². The van der Waals surface area contributed by atoms with E-state index in [0.717, 1.165) is 6.07 Å². The number of nitrogens with zero attached hydrogens (tertiary/aromatic N) is 1. The van der Waals surface area contributed by atoms with Gasteiger partial charge < -0.3 is 5.11 Å². The van der Waals surface area contributed by atoms with Crippen molar-refractivity contribution in [2.75, 3.05) is 4.72 Å². The topological polar surface area (TPSA) is 79.3 Å². The first kappa shape index (κ1) is 15.6. The molecule has 1 heterocycles. The number of hydrogen-bond donors (Lipinski definition) is 2. The van der Waals surface area contributed by atoms with Crippen LogP contribution in [0.15, 0.2) is 35.4 Å². The van der Waals surface area contributed by atoms with Gasteiger partial charge in [0.15, 0.2) is 17.5 Å². The molecule has 0 atom stereocenters. The van der Waals surface area contributed by atoms with Crippen LogP contribution in [0.3, 0.4) is 0 Å². The van der Waals surface area contributed by atoms with Gasteiger partial charge in [0.1, 0.15) is 4.90 Å². The molecule has 0 amide bonds. The smallest absolute Gasteiger partial charge is 0.266 e. The summed E-state index contributed by atoms with van der Waals surface area (Å²) >= 11 is 5.75. The van der Waals surface area contributed by atoms with E-state index in [2.05, 4.69) is 4.98 Å². The van der Waals surface area contributed by atoms with E-state index in [1.807, 2.05) is 4.72 Å². The van der Waals surface area contributed by atoms with Crippen molar-refractivity contribution in [3.8, 4) is 0 Å². The Kier molecular flexibility index (Phi) is 4.40. The van der Waals surface area contributed by atoms with Gasteiger partial charge in [-0.2, -0.15) is 0 Å². The molecule has 112 valence electrons. The fourth-order valence-corrected chi connectivity index (χ4v) is 2.94. The number of nitrogens with one attached hydrogen (secondary N) is 1. The van der Waals surface area contributed by atoms with Gasteiger partial charge in [0.25, 0.3) is 10.0 Å². The molecule has 1 aromatic heterocycles. The van der Waals surface area contributed by atoms with Crippen molar-refractivity contribution in [3.63, 3.8) is 0 Å². The summed E-state index contributed by atoms with van der Waals surface area (Å²) in [5.41, 5.74) is -0.0820. The first-order valence-corrected chi connectivity index (χ1v) is 7.43. The van der Waals surface area contributed by atoms with E-state index in [-0.39, 0.29) is 16.4 Å². The number of benzene rings is 1. The Labute approximate surface area is 124 Å². The Morgan fingerprint density at radius 1 is 1.33 bits per heavy atom. The second-order valence-corrected chi connectivity index (χ2v) is 6.05. The predicted molar refractivity (Wildman–Crippen MR) is 72.3 cm³/mol. The normalized spacial score (nSPS) is 11.4. The van der Waals surface area contributed by atoms with E-state index in [1.54, 1.807) is 0 Å². The van der Waals surface area contributed by atoms with Gasteiger partial charge in [-0.25, -0.2) is 22.2 Å². The van der Waals surface area contributed by atoms with Crippen LogP contribution in [0.2, 0.25) is 5.02 Å². The Morgan fingerprint density at radius 2 is 2.05 bits per heavy atom. The zero-order valence-electron chi connectivity index (χ0n) is 10.3. The van der Waals surface area contributed by atoms with Crippen LogP contribution >= 0.6 is 11.6 Å². The van der Waals surface area contributed by atoms with Gasteiger partial charge in [-0.1, -0.05) is 11.6 Å². The van der Waals surface area contributed by atoms with Gasteiger partial charge in [-0.15, -0.1) is 0 Å². The highest BCUT2D eigenvalue weighted by Gasteiger charge is 2.24. The minimum atomic E-state index is -4.44.